The highest BCUT2D eigenvalue weighted by Gasteiger charge is 2.03. The van der Waals surface area contributed by atoms with Gasteiger partial charge in [0.05, 0.1) is 12.2 Å². The SMILES string of the molecule is CCCCCC=CCC(O)CCCCCCCCC(=O)O.CCCCCC=CCC(O)CCCCCCCCC(=O)O. The lowest BCUT2D eigenvalue weighted by atomic mass is 10.0. The smallest absolute Gasteiger partial charge is 0.303 e. The molecular formula is C36H68O6. The zero-order chi connectivity index (χ0) is 31.5. The third-order valence-electron chi connectivity index (χ3n) is 7.45. The molecule has 0 aliphatic carbocycles. The van der Waals surface area contributed by atoms with Crippen molar-refractivity contribution in [3.63, 3.8) is 0 Å². The average Bonchev–Trinajstić information content (AvgIpc) is 2.95. The van der Waals surface area contributed by atoms with E-state index in [-0.39, 0.29) is 12.2 Å². The minimum atomic E-state index is -0.694. The first-order chi connectivity index (χ1) is 20.3. The molecule has 0 radical (unpaired) electrons. The summed E-state index contributed by atoms with van der Waals surface area (Å²) in [5, 5.41) is 36.7. The van der Waals surface area contributed by atoms with E-state index in [4.69, 9.17) is 10.2 Å². The topological polar surface area (TPSA) is 115 Å². The van der Waals surface area contributed by atoms with Crippen molar-refractivity contribution < 1.29 is 30.0 Å². The number of aliphatic hydroxyl groups is 2. The monoisotopic (exact) mass is 597 g/mol. The maximum absolute atomic E-state index is 10.3. The summed E-state index contributed by atoms with van der Waals surface area (Å²) in [7, 11) is 0. The van der Waals surface area contributed by atoms with E-state index < -0.39 is 11.9 Å². The van der Waals surface area contributed by atoms with Crippen molar-refractivity contribution in [3.05, 3.63) is 24.3 Å². The van der Waals surface area contributed by atoms with Crippen molar-refractivity contribution >= 4 is 11.9 Å². The lowest BCUT2D eigenvalue weighted by molar-refractivity contribution is -0.138. The van der Waals surface area contributed by atoms with Gasteiger partial charge in [0, 0.05) is 12.8 Å². The Kier molecular flexibility index (Phi) is 35.9. The van der Waals surface area contributed by atoms with Crippen LogP contribution in [0.25, 0.3) is 0 Å². The quantitative estimate of drug-likeness (QED) is 0.0484. The molecule has 0 rings (SSSR count). The predicted octanol–water partition coefficient (Wildman–Crippen LogP) is 10.2. The van der Waals surface area contributed by atoms with Crippen molar-refractivity contribution in [1.29, 1.82) is 0 Å². The summed E-state index contributed by atoms with van der Waals surface area (Å²) in [5.74, 6) is -1.39. The summed E-state index contributed by atoms with van der Waals surface area (Å²) in [6.07, 6.45) is 34.6. The van der Waals surface area contributed by atoms with Gasteiger partial charge in [0.25, 0.3) is 0 Å². The third-order valence-corrected chi connectivity index (χ3v) is 7.45. The first-order valence-electron chi connectivity index (χ1n) is 17.4. The molecule has 0 saturated heterocycles. The highest BCUT2D eigenvalue weighted by atomic mass is 16.4. The molecule has 0 spiro atoms. The van der Waals surface area contributed by atoms with Crippen LogP contribution >= 0.6 is 0 Å². The minimum Gasteiger partial charge on any atom is -0.481 e. The highest BCUT2D eigenvalue weighted by molar-refractivity contribution is 5.66. The number of allylic oxidation sites excluding steroid dienone is 2. The third kappa shape index (κ3) is 40.5. The summed E-state index contributed by atoms with van der Waals surface area (Å²) < 4.78 is 0. The van der Waals surface area contributed by atoms with Gasteiger partial charge in [-0.25, -0.2) is 0 Å². The second-order valence-electron chi connectivity index (χ2n) is 11.8. The van der Waals surface area contributed by atoms with Crippen LogP contribution in [0.5, 0.6) is 0 Å². The van der Waals surface area contributed by atoms with Crippen molar-refractivity contribution in [3.8, 4) is 0 Å². The molecule has 0 amide bonds. The highest BCUT2D eigenvalue weighted by Crippen LogP contribution is 2.13. The number of aliphatic hydroxyl groups excluding tert-OH is 2. The van der Waals surface area contributed by atoms with Gasteiger partial charge in [-0.15, -0.1) is 0 Å². The van der Waals surface area contributed by atoms with Crippen molar-refractivity contribution in [2.45, 2.75) is 193 Å². The first-order valence-corrected chi connectivity index (χ1v) is 17.4. The van der Waals surface area contributed by atoms with Gasteiger partial charge >= 0.3 is 11.9 Å². The molecule has 4 N–H and O–H groups in total. The Morgan fingerprint density at radius 1 is 0.476 bits per heavy atom. The molecule has 6 heteroatoms. The molecule has 0 aliphatic rings. The standard InChI is InChI=1S/2C18H34O3/c2*1-2-3-4-5-8-11-14-17(19)15-12-9-6-7-10-13-16-18(20)21/h2*8,11,17,19H,2-7,9-10,12-16H2,1H3,(H,20,21). The number of hydrogen-bond acceptors (Lipinski definition) is 4. The van der Waals surface area contributed by atoms with Crippen LogP contribution in [0, 0.1) is 0 Å². The Morgan fingerprint density at radius 2 is 0.810 bits per heavy atom. The minimum absolute atomic E-state index is 0.195. The summed E-state index contributed by atoms with van der Waals surface area (Å²) in [6.45, 7) is 4.42. The van der Waals surface area contributed by atoms with Crippen LogP contribution in [0.4, 0.5) is 0 Å². The molecule has 0 aliphatic heterocycles. The number of rotatable bonds is 30. The summed E-state index contributed by atoms with van der Waals surface area (Å²) >= 11 is 0. The average molecular weight is 597 g/mol. The van der Waals surface area contributed by atoms with Crippen molar-refractivity contribution in [2.24, 2.45) is 0 Å². The van der Waals surface area contributed by atoms with Crippen LogP contribution in [0.1, 0.15) is 181 Å². The Morgan fingerprint density at radius 3 is 1.14 bits per heavy atom. The number of carboxylic acid groups (broad SMARTS) is 2. The molecule has 0 bridgehead atoms. The second-order valence-corrected chi connectivity index (χ2v) is 11.8. The Bertz CT molecular complexity index is 576. The van der Waals surface area contributed by atoms with Gasteiger partial charge in [-0.1, -0.05) is 128 Å². The summed E-state index contributed by atoms with van der Waals surface area (Å²) in [4.78, 5) is 20.7. The van der Waals surface area contributed by atoms with E-state index in [2.05, 4.69) is 38.2 Å². The van der Waals surface area contributed by atoms with Gasteiger partial charge in [0.15, 0.2) is 0 Å². The van der Waals surface area contributed by atoms with Gasteiger partial charge in [0.1, 0.15) is 0 Å². The van der Waals surface area contributed by atoms with Crippen LogP contribution in [0.2, 0.25) is 0 Å². The van der Waals surface area contributed by atoms with Crippen LogP contribution < -0.4 is 0 Å². The molecule has 0 fully saturated rings. The van der Waals surface area contributed by atoms with E-state index >= 15 is 0 Å². The summed E-state index contributed by atoms with van der Waals surface area (Å²) in [5.41, 5.74) is 0. The maximum atomic E-state index is 10.3. The van der Waals surface area contributed by atoms with Crippen LogP contribution in [0.3, 0.4) is 0 Å². The van der Waals surface area contributed by atoms with Crippen LogP contribution in [-0.2, 0) is 9.59 Å². The van der Waals surface area contributed by atoms with E-state index in [1.807, 2.05) is 0 Å². The van der Waals surface area contributed by atoms with Crippen molar-refractivity contribution in [1.82, 2.24) is 0 Å². The van der Waals surface area contributed by atoms with E-state index in [1.54, 1.807) is 0 Å². The van der Waals surface area contributed by atoms with E-state index in [0.29, 0.717) is 12.8 Å². The number of carbonyl (C=O) groups is 2. The number of carboxylic acids is 2. The van der Waals surface area contributed by atoms with Crippen LogP contribution in [0.15, 0.2) is 24.3 Å². The predicted molar refractivity (Wildman–Crippen MR) is 177 cm³/mol. The lowest BCUT2D eigenvalue weighted by Crippen LogP contribution is -2.04. The zero-order valence-electron chi connectivity index (χ0n) is 27.5. The van der Waals surface area contributed by atoms with Crippen LogP contribution in [-0.4, -0.2) is 44.6 Å². The first kappa shape index (κ1) is 42.5. The summed E-state index contributed by atoms with van der Waals surface area (Å²) in [6, 6.07) is 0. The van der Waals surface area contributed by atoms with Gasteiger partial charge in [0.2, 0.25) is 0 Å². The molecule has 42 heavy (non-hydrogen) atoms. The fourth-order valence-electron chi connectivity index (χ4n) is 4.73. The molecule has 0 aromatic carbocycles. The Balaban J connectivity index is 0. The molecule has 0 aromatic heterocycles. The fraction of sp³-hybridized carbons (Fsp3) is 0.833. The van der Waals surface area contributed by atoms with Gasteiger partial charge in [-0.2, -0.15) is 0 Å². The lowest BCUT2D eigenvalue weighted by Gasteiger charge is -2.07. The zero-order valence-corrected chi connectivity index (χ0v) is 27.5. The Labute approximate surface area is 259 Å². The van der Waals surface area contributed by atoms with Gasteiger partial charge in [-0.05, 0) is 64.2 Å². The van der Waals surface area contributed by atoms with Gasteiger partial charge < -0.3 is 20.4 Å². The maximum Gasteiger partial charge on any atom is 0.303 e. The molecule has 248 valence electrons. The van der Waals surface area contributed by atoms with Crippen molar-refractivity contribution in [2.75, 3.05) is 0 Å². The molecule has 2 unspecified atom stereocenters. The van der Waals surface area contributed by atoms with Gasteiger partial charge in [-0.3, -0.25) is 9.59 Å². The molecule has 2 atom stereocenters. The second kappa shape index (κ2) is 35.5. The molecule has 6 nitrogen and oxygen atoms in total. The molecular weight excluding hydrogens is 528 g/mol. The number of aliphatic carboxylic acids is 2. The molecule has 0 saturated carbocycles. The molecule has 0 heterocycles. The molecule has 0 aromatic rings. The van der Waals surface area contributed by atoms with E-state index in [1.165, 1.54) is 38.5 Å². The number of hydrogen-bond donors (Lipinski definition) is 4. The Hall–Kier alpha value is -1.66. The number of unbranched alkanes of at least 4 members (excludes halogenated alkanes) is 16. The largest absolute Gasteiger partial charge is 0.481 e. The normalized spacial score (nSPS) is 12.9. The van der Waals surface area contributed by atoms with E-state index in [9.17, 15) is 19.8 Å². The van der Waals surface area contributed by atoms with E-state index in [0.717, 1.165) is 116 Å². The fourth-order valence-corrected chi connectivity index (χ4v) is 4.73.